The Kier molecular flexibility index (Phi) is 11.0. The fourth-order valence-corrected chi connectivity index (χ4v) is 3.05. The lowest BCUT2D eigenvalue weighted by Crippen LogP contribution is -2.18. The fourth-order valence-electron chi connectivity index (χ4n) is 2.57. The molecule has 0 fully saturated rings. The molecule has 0 aliphatic carbocycles. The van der Waals surface area contributed by atoms with E-state index in [9.17, 15) is 4.79 Å². The standard InChI is InChI=1S/C20H19NOS.2C2H6/c1-23-19-6-4-5-18(14-19)13-16-8-10-17(11-9-16)15-21-12-3-2-7-20(21)22;2*1-2/h2-12,14H,13,15H2,1H3;2*1-2H3. The molecule has 0 N–H and O–H groups in total. The summed E-state index contributed by atoms with van der Waals surface area (Å²) in [5.74, 6) is 0. The normalized spacial score (nSPS) is 9.52. The third-order valence-electron chi connectivity index (χ3n) is 3.82. The van der Waals surface area contributed by atoms with E-state index in [0.29, 0.717) is 6.54 Å². The molecule has 0 aliphatic rings. The predicted molar refractivity (Wildman–Crippen MR) is 120 cm³/mol. The van der Waals surface area contributed by atoms with E-state index < -0.39 is 0 Å². The number of pyridine rings is 1. The topological polar surface area (TPSA) is 22.0 Å². The fraction of sp³-hybridized carbons (Fsp3) is 0.292. The third kappa shape index (κ3) is 7.48. The second-order valence-electron chi connectivity index (χ2n) is 5.51. The summed E-state index contributed by atoms with van der Waals surface area (Å²) >= 11 is 1.77. The molecular weight excluding hydrogens is 350 g/mol. The molecule has 0 spiro atoms. The van der Waals surface area contributed by atoms with Crippen LogP contribution in [0.1, 0.15) is 44.4 Å². The summed E-state index contributed by atoms with van der Waals surface area (Å²) in [5.41, 5.74) is 3.78. The lowest BCUT2D eigenvalue weighted by molar-refractivity contribution is 0.759. The van der Waals surface area contributed by atoms with Crippen LogP contribution in [0, 0.1) is 0 Å². The average molecular weight is 382 g/mol. The second-order valence-corrected chi connectivity index (χ2v) is 6.39. The summed E-state index contributed by atoms with van der Waals surface area (Å²) < 4.78 is 1.72. The van der Waals surface area contributed by atoms with Gasteiger partial charge in [-0.15, -0.1) is 11.8 Å². The number of benzene rings is 2. The lowest BCUT2D eigenvalue weighted by Gasteiger charge is -2.07. The molecule has 3 aromatic rings. The van der Waals surface area contributed by atoms with E-state index in [0.717, 1.165) is 12.0 Å². The van der Waals surface area contributed by atoms with Crippen molar-refractivity contribution in [1.29, 1.82) is 0 Å². The van der Waals surface area contributed by atoms with Crippen molar-refractivity contribution < 1.29 is 0 Å². The Labute approximate surface area is 168 Å². The maximum Gasteiger partial charge on any atom is 0.250 e. The monoisotopic (exact) mass is 381 g/mol. The molecule has 0 radical (unpaired) electrons. The average Bonchev–Trinajstić information content (AvgIpc) is 2.74. The first-order chi connectivity index (χ1) is 13.2. The molecule has 2 aromatic carbocycles. The number of aromatic nitrogens is 1. The molecule has 0 amide bonds. The van der Waals surface area contributed by atoms with Gasteiger partial charge in [0.1, 0.15) is 0 Å². The molecule has 3 rings (SSSR count). The van der Waals surface area contributed by atoms with Crippen molar-refractivity contribution >= 4 is 11.8 Å². The van der Waals surface area contributed by atoms with Crippen LogP contribution < -0.4 is 5.56 Å². The molecule has 0 saturated heterocycles. The van der Waals surface area contributed by atoms with Crippen LogP contribution in [0.3, 0.4) is 0 Å². The first-order valence-electron chi connectivity index (χ1n) is 9.61. The largest absolute Gasteiger partial charge is 0.311 e. The minimum absolute atomic E-state index is 0.0328. The maximum absolute atomic E-state index is 11.8. The zero-order valence-electron chi connectivity index (χ0n) is 17.1. The van der Waals surface area contributed by atoms with Crippen molar-refractivity contribution in [3.8, 4) is 0 Å². The maximum atomic E-state index is 11.8. The van der Waals surface area contributed by atoms with E-state index in [-0.39, 0.29) is 5.56 Å². The van der Waals surface area contributed by atoms with Crippen molar-refractivity contribution in [3.63, 3.8) is 0 Å². The highest BCUT2D eigenvalue weighted by Crippen LogP contribution is 2.18. The number of hydrogen-bond acceptors (Lipinski definition) is 2. The quantitative estimate of drug-likeness (QED) is 0.486. The minimum Gasteiger partial charge on any atom is -0.311 e. The summed E-state index contributed by atoms with van der Waals surface area (Å²) in [6.07, 6.45) is 4.85. The van der Waals surface area contributed by atoms with Gasteiger partial charge < -0.3 is 4.57 Å². The van der Waals surface area contributed by atoms with E-state index in [1.807, 2.05) is 40.0 Å². The number of nitrogens with zero attached hydrogens (tertiary/aromatic N) is 1. The summed E-state index contributed by atoms with van der Waals surface area (Å²) in [7, 11) is 0. The Bertz CT molecular complexity index is 837. The first-order valence-corrected chi connectivity index (χ1v) is 10.8. The molecule has 27 heavy (non-hydrogen) atoms. The van der Waals surface area contributed by atoms with Gasteiger partial charge in [0.2, 0.25) is 0 Å². The smallest absolute Gasteiger partial charge is 0.250 e. The molecule has 1 aromatic heterocycles. The van der Waals surface area contributed by atoms with Gasteiger partial charge in [-0.3, -0.25) is 4.79 Å². The Hall–Kier alpha value is -2.26. The summed E-state index contributed by atoms with van der Waals surface area (Å²) in [6.45, 7) is 8.61. The van der Waals surface area contributed by atoms with Gasteiger partial charge in [-0.05, 0) is 47.6 Å². The molecular formula is C24H31NOS. The van der Waals surface area contributed by atoms with Crippen molar-refractivity contribution in [2.24, 2.45) is 0 Å². The van der Waals surface area contributed by atoms with Gasteiger partial charge in [0.15, 0.2) is 0 Å². The molecule has 144 valence electrons. The van der Waals surface area contributed by atoms with Crippen LogP contribution in [-0.2, 0) is 13.0 Å². The number of hydrogen-bond donors (Lipinski definition) is 0. The van der Waals surface area contributed by atoms with Gasteiger partial charge in [-0.1, -0.05) is 70.2 Å². The molecule has 0 atom stereocenters. The summed E-state index contributed by atoms with van der Waals surface area (Å²) in [5, 5.41) is 0. The minimum atomic E-state index is 0.0328. The SMILES string of the molecule is CC.CC.CSc1cccc(Cc2ccc(Cn3ccccc3=O)cc2)c1. The van der Waals surface area contributed by atoms with Gasteiger partial charge in [0.25, 0.3) is 5.56 Å². The van der Waals surface area contributed by atoms with Crippen LogP contribution in [0.2, 0.25) is 0 Å². The molecule has 1 heterocycles. The zero-order valence-corrected chi connectivity index (χ0v) is 17.9. The van der Waals surface area contributed by atoms with E-state index >= 15 is 0 Å². The van der Waals surface area contributed by atoms with Gasteiger partial charge in [0, 0.05) is 17.2 Å². The number of thioether (sulfide) groups is 1. The van der Waals surface area contributed by atoms with Gasteiger partial charge >= 0.3 is 0 Å². The molecule has 0 aliphatic heterocycles. The lowest BCUT2D eigenvalue weighted by atomic mass is 10.0. The highest BCUT2D eigenvalue weighted by molar-refractivity contribution is 7.98. The van der Waals surface area contributed by atoms with Crippen LogP contribution in [0.5, 0.6) is 0 Å². The van der Waals surface area contributed by atoms with Gasteiger partial charge in [-0.25, -0.2) is 0 Å². The van der Waals surface area contributed by atoms with Crippen molar-refractivity contribution in [3.05, 3.63) is 100.0 Å². The van der Waals surface area contributed by atoms with E-state index in [2.05, 4.69) is 54.8 Å². The Morgan fingerprint density at radius 1 is 0.778 bits per heavy atom. The van der Waals surface area contributed by atoms with Crippen molar-refractivity contribution in [1.82, 2.24) is 4.57 Å². The highest BCUT2D eigenvalue weighted by Gasteiger charge is 2.00. The summed E-state index contributed by atoms with van der Waals surface area (Å²) in [6, 6.07) is 22.4. The number of rotatable bonds is 5. The zero-order chi connectivity index (χ0) is 20.1. The van der Waals surface area contributed by atoms with E-state index in [1.165, 1.54) is 16.0 Å². The predicted octanol–water partition coefficient (Wildman–Crippen LogP) is 6.26. The Morgan fingerprint density at radius 3 is 2.07 bits per heavy atom. The van der Waals surface area contributed by atoms with Crippen LogP contribution >= 0.6 is 11.8 Å². The van der Waals surface area contributed by atoms with E-state index in [1.54, 1.807) is 28.5 Å². The highest BCUT2D eigenvalue weighted by atomic mass is 32.2. The molecule has 3 heteroatoms. The van der Waals surface area contributed by atoms with Gasteiger partial charge in [-0.2, -0.15) is 0 Å². The Balaban J connectivity index is 0.000000855. The summed E-state index contributed by atoms with van der Waals surface area (Å²) in [4.78, 5) is 13.0. The van der Waals surface area contributed by atoms with Crippen LogP contribution in [0.15, 0.2) is 82.6 Å². The Morgan fingerprint density at radius 2 is 1.44 bits per heavy atom. The van der Waals surface area contributed by atoms with Crippen LogP contribution in [0.4, 0.5) is 0 Å². The van der Waals surface area contributed by atoms with Crippen molar-refractivity contribution in [2.75, 3.05) is 6.26 Å². The molecule has 2 nitrogen and oxygen atoms in total. The van der Waals surface area contributed by atoms with Crippen LogP contribution in [0.25, 0.3) is 0 Å². The molecule has 0 unspecified atom stereocenters. The molecule has 0 bridgehead atoms. The van der Waals surface area contributed by atoms with Crippen LogP contribution in [-0.4, -0.2) is 10.8 Å². The van der Waals surface area contributed by atoms with E-state index in [4.69, 9.17) is 0 Å². The van der Waals surface area contributed by atoms with Crippen molar-refractivity contribution in [2.45, 2.75) is 45.6 Å². The second kappa shape index (κ2) is 13.0. The third-order valence-corrected chi connectivity index (χ3v) is 4.54. The first kappa shape index (κ1) is 22.8. The molecule has 0 saturated carbocycles. The van der Waals surface area contributed by atoms with Gasteiger partial charge in [0.05, 0.1) is 6.54 Å².